The zero-order chi connectivity index (χ0) is 32.5. The lowest BCUT2D eigenvalue weighted by Crippen LogP contribution is -2.53. The summed E-state index contributed by atoms with van der Waals surface area (Å²) in [6.07, 6.45) is 1.70. The van der Waals surface area contributed by atoms with Crippen molar-refractivity contribution in [1.29, 1.82) is 0 Å². The lowest BCUT2D eigenvalue weighted by molar-refractivity contribution is -0.137. The first-order chi connectivity index (χ1) is 22.1. The minimum atomic E-state index is -0.972. The number of ether oxygens (including phenoxy) is 1. The van der Waals surface area contributed by atoms with Crippen LogP contribution in [0.25, 0.3) is 0 Å². The number of hydrogen-bond donors (Lipinski definition) is 2. The summed E-state index contributed by atoms with van der Waals surface area (Å²) in [5.74, 6) is -2.29. The molecule has 0 bridgehead atoms. The number of aliphatic imine (C=N–C) groups is 1. The summed E-state index contributed by atoms with van der Waals surface area (Å²) in [4.78, 5) is 51.9. The molecule has 0 aliphatic carbocycles. The average Bonchev–Trinajstić information content (AvgIpc) is 3.68. The molecule has 0 saturated carbocycles. The number of hydrogen-bond acceptors (Lipinski definition) is 9. The number of nitrogens with zero attached hydrogens (tertiary/aromatic N) is 5. The molecule has 46 heavy (non-hydrogen) atoms. The molecule has 2 saturated heterocycles. The van der Waals surface area contributed by atoms with Crippen LogP contribution in [0.1, 0.15) is 28.6 Å². The second-order valence-electron chi connectivity index (χ2n) is 11.0. The first-order valence-corrected chi connectivity index (χ1v) is 15.7. The zero-order valence-corrected chi connectivity index (χ0v) is 26.2. The fraction of sp³-hybridized carbons (Fsp3) is 0.323. The molecular formula is C31H29ClF2N6O5S. The largest absolute Gasteiger partial charge is 0.481 e. The summed E-state index contributed by atoms with van der Waals surface area (Å²) in [5, 5.41) is 14.7. The summed E-state index contributed by atoms with van der Waals surface area (Å²) in [7, 11) is 1.27. The van der Waals surface area contributed by atoms with E-state index in [0.29, 0.717) is 47.3 Å². The summed E-state index contributed by atoms with van der Waals surface area (Å²) in [6, 6.07) is 6.87. The molecule has 0 spiro atoms. The number of carbonyl (C=O) groups excluding carboxylic acids is 2. The maximum absolute atomic E-state index is 15.1. The highest BCUT2D eigenvalue weighted by atomic mass is 35.5. The van der Waals surface area contributed by atoms with Crippen molar-refractivity contribution in [2.24, 2.45) is 4.99 Å². The number of aliphatic carboxylic acids is 1. The van der Waals surface area contributed by atoms with E-state index in [9.17, 15) is 18.8 Å². The molecule has 2 fully saturated rings. The molecule has 1 aromatic heterocycles. The molecule has 4 heterocycles. The number of carboxylic acid groups (broad SMARTS) is 1. The number of thiazole rings is 1. The third-order valence-electron chi connectivity index (χ3n) is 8.17. The normalized spacial score (nSPS) is 20.0. The maximum Gasteiger partial charge on any atom is 0.338 e. The van der Waals surface area contributed by atoms with E-state index in [0.717, 1.165) is 0 Å². The van der Waals surface area contributed by atoms with Gasteiger partial charge in [-0.25, -0.2) is 23.4 Å². The van der Waals surface area contributed by atoms with Crippen molar-refractivity contribution in [1.82, 2.24) is 20.1 Å². The smallest absolute Gasteiger partial charge is 0.338 e. The predicted molar refractivity (Wildman–Crippen MR) is 167 cm³/mol. The van der Waals surface area contributed by atoms with Gasteiger partial charge in [0.1, 0.15) is 17.7 Å². The van der Waals surface area contributed by atoms with Crippen molar-refractivity contribution in [2.75, 3.05) is 44.7 Å². The maximum atomic E-state index is 15.1. The molecule has 3 aromatic rings. The molecule has 3 aliphatic heterocycles. The summed E-state index contributed by atoms with van der Waals surface area (Å²) >= 11 is 7.81. The highest BCUT2D eigenvalue weighted by Crippen LogP contribution is 2.37. The van der Waals surface area contributed by atoms with E-state index in [1.165, 1.54) is 53.7 Å². The Bertz CT molecular complexity index is 1750. The van der Waals surface area contributed by atoms with Crippen LogP contribution in [0.2, 0.25) is 5.02 Å². The van der Waals surface area contributed by atoms with Gasteiger partial charge in [0.2, 0.25) is 0 Å². The van der Waals surface area contributed by atoms with Crippen LogP contribution in [-0.2, 0) is 20.7 Å². The molecule has 2 aromatic carbocycles. The molecular weight excluding hydrogens is 642 g/mol. The quantitative estimate of drug-likeness (QED) is 0.324. The lowest BCUT2D eigenvalue weighted by Gasteiger charge is -2.38. The van der Waals surface area contributed by atoms with Gasteiger partial charge in [0.15, 0.2) is 10.8 Å². The number of amidine groups is 1. The van der Waals surface area contributed by atoms with Crippen LogP contribution < -0.4 is 10.2 Å². The van der Waals surface area contributed by atoms with Gasteiger partial charge >= 0.3 is 18.0 Å². The molecule has 11 nitrogen and oxygen atoms in total. The topological polar surface area (TPSA) is 128 Å². The molecule has 15 heteroatoms. The Labute approximate surface area is 271 Å². The Morgan fingerprint density at radius 3 is 2.70 bits per heavy atom. The van der Waals surface area contributed by atoms with Crippen molar-refractivity contribution in [3.8, 4) is 0 Å². The highest BCUT2D eigenvalue weighted by Gasteiger charge is 2.43. The minimum Gasteiger partial charge on any atom is -0.481 e. The Kier molecular flexibility index (Phi) is 9.02. The third kappa shape index (κ3) is 6.32. The Morgan fingerprint density at radius 2 is 2.00 bits per heavy atom. The number of esters is 1. The first kappa shape index (κ1) is 31.6. The molecule has 240 valence electrons. The van der Waals surface area contributed by atoms with Crippen LogP contribution in [0, 0.1) is 11.6 Å². The van der Waals surface area contributed by atoms with E-state index in [-0.39, 0.29) is 54.3 Å². The number of amides is 2. The van der Waals surface area contributed by atoms with E-state index < -0.39 is 29.6 Å². The van der Waals surface area contributed by atoms with Gasteiger partial charge in [-0.15, -0.1) is 11.3 Å². The van der Waals surface area contributed by atoms with Gasteiger partial charge in [0, 0.05) is 67.0 Å². The standard InChI is InChI=1S/C31H29ClF2N6O5S/c1-45-30(43)26-23(36-28(29-35-8-11-46-29)37-27(26)20-5-4-18(33)13-21(20)32)16-38-9-10-39-19(14-38)15-40(31(39)44)24-6-2-17(12-22(24)34)3-7-25(41)42/h2,4-6,8,11-13,19,27H,3,7,9-10,14-16H2,1H3,(H,36,37)(H,41,42)/t19?,27-/m0/s1. The number of aromatic nitrogens is 1. The van der Waals surface area contributed by atoms with Crippen LogP contribution in [0.4, 0.5) is 19.3 Å². The second-order valence-corrected chi connectivity index (χ2v) is 12.3. The molecule has 2 atom stereocenters. The number of piperazine rings is 1. The van der Waals surface area contributed by atoms with E-state index in [4.69, 9.17) is 26.4 Å². The lowest BCUT2D eigenvalue weighted by atomic mass is 9.95. The number of carboxylic acids is 1. The number of aryl methyl sites for hydroxylation is 1. The number of nitrogens with one attached hydrogen (secondary N) is 1. The Balaban J connectivity index is 1.25. The SMILES string of the molecule is COC(=O)C1=C(CN2CCN3C(=O)N(c4ccc(CCC(=O)O)cc4F)CC3C2)NC(c2nccs2)=N[C@H]1c1ccc(F)cc1Cl. The average molecular weight is 671 g/mol. The molecule has 0 radical (unpaired) electrons. The Morgan fingerprint density at radius 1 is 1.17 bits per heavy atom. The van der Waals surface area contributed by atoms with E-state index >= 15 is 4.39 Å². The van der Waals surface area contributed by atoms with Crippen molar-refractivity contribution < 1.29 is 33.0 Å². The van der Waals surface area contributed by atoms with Gasteiger partial charge in [-0.3, -0.25) is 19.6 Å². The van der Waals surface area contributed by atoms with Gasteiger partial charge in [-0.1, -0.05) is 23.7 Å². The summed E-state index contributed by atoms with van der Waals surface area (Å²) in [6.45, 7) is 1.79. The van der Waals surface area contributed by atoms with Crippen LogP contribution >= 0.6 is 22.9 Å². The van der Waals surface area contributed by atoms with Crippen molar-refractivity contribution in [2.45, 2.75) is 24.9 Å². The zero-order valence-electron chi connectivity index (χ0n) is 24.6. The number of halogens is 3. The number of urea groups is 1. The van der Waals surface area contributed by atoms with Crippen LogP contribution in [0.5, 0.6) is 0 Å². The van der Waals surface area contributed by atoms with E-state index in [1.54, 1.807) is 22.5 Å². The van der Waals surface area contributed by atoms with E-state index in [1.807, 2.05) is 0 Å². The number of benzene rings is 2. The Hall–Kier alpha value is -4.40. The monoisotopic (exact) mass is 670 g/mol. The van der Waals surface area contributed by atoms with Gasteiger partial charge in [0.05, 0.1) is 24.4 Å². The summed E-state index contributed by atoms with van der Waals surface area (Å²) < 4.78 is 34.3. The van der Waals surface area contributed by atoms with Gasteiger partial charge in [0.25, 0.3) is 0 Å². The number of anilines is 1. The molecule has 1 unspecified atom stereocenters. The van der Waals surface area contributed by atoms with Crippen molar-refractivity contribution >= 4 is 52.4 Å². The number of fused-ring (bicyclic) bond motifs is 1. The number of methoxy groups -OCH3 is 1. The highest BCUT2D eigenvalue weighted by molar-refractivity contribution is 7.11. The first-order valence-electron chi connectivity index (χ1n) is 14.4. The molecule has 3 aliphatic rings. The summed E-state index contributed by atoms with van der Waals surface area (Å²) in [5.41, 5.74) is 1.82. The van der Waals surface area contributed by atoms with Crippen LogP contribution in [-0.4, -0.2) is 89.6 Å². The fourth-order valence-electron chi connectivity index (χ4n) is 5.98. The minimum absolute atomic E-state index is 0.107. The van der Waals surface area contributed by atoms with E-state index in [2.05, 4.69) is 15.2 Å². The number of carbonyl (C=O) groups is 3. The fourth-order valence-corrected chi connectivity index (χ4v) is 6.84. The van der Waals surface area contributed by atoms with Crippen LogP contribution in [0.3, 0.4) is 0 Å². The van der Waals surface area contributed by atoms with Crippen molar-refractivity contribution in [3.63, 3.8) is 0 Å². The second kappa shape index (κ2) is 13.1. The van der Waals surface area contributed by atoms with Gasteiger partial charge < -0.3 is 20.1 Å². The molecule has 2 N–H and O–H groups in total. The predicted octanol–water partition coefficient (Wildman–Crippen LogP) is 4.24. The van der Waals surface area contributed by atoms with Gasteiger partial charge in [-0.2, -0.15) is 0 Å². The third-order valence-corrected chi connectivity index (χ3v) is 9.28. The molecule has 6 rings (SSSR count). The number of rotatable bonds is 9. The molecule has 2 amide bonds. The van der Waals surface area contributed by atoms with Gasteiger partial charge in [-0.05, 0) is 36.2 Å². The van der Waals surface area contributed by atoms with Crippen LogP contribution in [0.15, 0.2) is 64.2 Å². The van der Waals surface area contributed by atoms with Crippen molar-refractivity contribution in [3.05, 3.63) is 92.0 Å².